The first kappa shape index (κ1) is 21.8. The van der Waals surface area contributed by atoms with Gasteiger partial charge in [0.05, 0.1) is 12.2 Å². The normalized spacial score (nSPS) is 11.0. The zero-order valence-corrected chi connectivity index (χ0v) is 18.5. The van der Waals surface area contributed by atoms with Crippen LogP contribution in [0.5, 0.6) is 0 Å². The molecule has 4 heteroatoms. The molecule has 0 N–H and O–H groups in total. The van der Waals surface area contributed by atoms with E-state index >= 15 is 0 Å². The molecule has 164 valence electrons. The number of benzene rings is 3. The molecule has 32 heavy (non-hydrogen) atoms. The summed E-state index contributed by atoms with van der Waals surface area (Å²) in [6.45, 7) is 2.58. The van der Waals surface area contributed by atoms with Crippen LogP contribution in [-0.2, 0) is 17.6 Å². The quantitative estimate of drug-likeness (QED) is 0.202. The monoisotopic (exact) mass is 427 g/mol. The highest BCUT2D eigenvalue weighted by molar-refractivity contribution is 5.93. The van der Waals surface area contributed by atoms with Crippen LogP contribution < -0.4 is 0 Å². The minimum absolute atomic E-state index is 0.335. The molecule has 3 aromatic carbocycles. The fraction of sp³-hybridized carbons (Fsp3) is 0.286. The van der Waals surface area contributed by atoms with Gasteiger partial charge in [0.1, 0.15) is 5.52 Å². The van der Waals surface area contributed by atoms with E-state index in [4.69, 9.17) is 9.15 Å². The number of hydrogen-bond acceptors (Lipinski definition) is 4. The van der Waals surface area contributed by atoms with Crippen molar-refractivity contribution >= 4 is 17.1 Å². The van der Waals surface area contributed by atoms with Crippen LogP contribution in [0.3, 0.4) is 0 Å². The topological polar surface area (TPSA) is 52.3 Å². The third-order valence-corrected chi connectivity index (χ3v) is 5.75. The fourth-order valence-corrected chi connectivity index (χ4v) is 3.81. The average molecular weight is 428 g/mol. The maximum absolute atomic E-state index is 12.3. The molecule has 0 spiro atoms. The van der Waals surface area contributed by atoms with Gasteiger partial charge < -0.3 is 9.15 Å². The molecule has 4 nitrogen and oxygen atoms in total. The van der Waals surface area contributed by atoms with Crippen LogP contribution >= 0.6 is 0 Å². The smallest absolute Gasteiger partial charge is 0.338 e. The second kappa shape index (κ2) is 10.8. The molecule has 0 atom stereocenters. The molecular formula is C28H29NO3. The van der Waals surface area contributed by atoms with Crippen molar-refractivity contribution in [2.24, 2.45) is 0 Å². The zero-order chi connectivity index (χ0) is 22.2. The Morgan fingerprint density at radius 2 is 1.53 bits per heavy atom. The van der Waals surface area contributed by atoms with Crippen molar-refractivity contribution in [1.82, 2.24) is 4.98 Å². The number of unbranched alkanes of at least 4 members (excludes halogenated alkanes) is 3. The number of ether oxygens (including phenoxy) is 1. The van der Waals surface area contributed by atoms with Crippen molar-refractivity contribution < 1.29 is 13.9 Å². The molecule has 0 bridgehead atoms. The van der Waals surface area contributed by atoms with E-state index in [-0.39, 0.29) is 5.97 Å². The molecule has 0 aliphatic heterocycles. The number of fused-ring (bicyclic) bond motifs is 1. The van der Waals surface area contributed by atoms with E-state index < -0.39 is 0 Å². The SMILES string of the molecule is CCCCCCc1ccc(-c2ccc(CCOC(=O)c3ccc4ocnc4c3)cc2)cc1. The predicted molar refractivity (Wildman–Crippen MR) is 128 cm³/mol. The van der Waals surface area contributed by atoms with E-state index in [1.807, 2.05) is 0 Å². The molecule has 0 radical (unpaired) electrons. The number of aryl methyl sites for hydroxylation is 1. The molecule has 1 heterocycles. The summed E-state index contributed by atoms with van der Waals surface area (Å²) in [4.78, 5) is 16.4. The van der Waals surface area contributed by atoms with Crippen LogP contribution in [0.15, 0.2) is 77.5 Å². The van der Waals surface area contributed by atoms with E-state index in [0.717, 1.165) is 12.0 Å². The van der Waals surface area contributed by atoms with Crippen molar-refractivity contribution in [2.45, 2.75) is 45.4 Å². The first-order valence-electron chi connectivity index (χ1n) is 11.4. The summed E-state index contributed by atoms with van der Waals surface area (Å²) in [6.07, 6.45) is 8.37. The van der Waals surface area contributed by atoms with Gasteiger partial charge in [0, 0.05) is 6.42 Å². The average Bonchev–Trinajstić information content (AvgIpc) is 3.31. The number of nitrogens with zero attached hydrogens (tertiary/aromatic N) is 1. The molecule has 4 rings (SSSR count). The van der Waals surface area contributed by atoms with Crippen LogP contribution in [0.2, 0.25) is 0 Å². The van der Waals surface area contributed by atoms with Crippen LogP contribution in [0.4, 0.5) is 0 Å². The highest BCUT2D eigenvalue weighted by Gasteiger charge is 2.10. The first-order valence-corrected chi connectivity index (χ1v) is 11.4. The number of rotatable bonds is 10. The van der Waals surface area contributed by atoms with Gasteiger partial charge in [-0.15, -0.1) is 0 Å². The van der Waals surface area contributed by atoms with E-state index in [1.54, 1.807) is 18.2 Å². The molecule has 0 amide bonds. The second-order valence-electron chi connectivity index (χ2n) is 8.13. The lowest BCUT2D eigenvalue weighted by atomic mass is 10.00. The van der Waals surface area contributed by atoms with Crippen molar-refractivity contribution in [3.63, 3.8) is 0 Å². The number of hydrogen-bond donors (Lipinski definition) is 0. The molecule has 4 aromatic rings. The molecule has 0 unspecified atom stereocenters. The Bertz CT molecular complexity index is 1140. The standard InChI is InChI=1S/C28H29NO3/c1-2-3-4-5-6-21-7-11-23(12-8-21)24-13-9-22(10-14-24)17-18-31-28(30)25-15-16-27-26(19-25)29-20-32-27/h7-16,19-20H,2-6,17-18H2,1H3. The summed E-state index contributed by atoms with van der Waals surface area (Å²) in [5.41, 5.74) is 6.76. The molecule has 0 saturated carbocycles. The van der Waals surface area contributed by atoms with Gasteiger partial charge in [-0.3, -0.25) is 0 Å². The summed E-state index contributed by atoms with van der Waals surface area (Å²) < 4.78 is 10.6. The highest BCUT2D eigenvalue weighted by Crippen LogP contribution is 2.22. The summed E-state index contributed by atoms with van der Waals surface area (Å²) in [5.74, 6) is -0.346. The lowest BCUT2D eigenvalue weighted by Crippen LogP contribution is -2.08. The largest absolute Gasteiger partial charge is 0.462 e. The predicted octanol–water partition coefficient (Wildman–Crippen LogP) is 7.02. The van der Waals surface area contributed by atoms with Gasteiger partial charge in [0.25, 0.3) is 0 Å². The van der Waals surface area contributed by atoms with Gasteiger partial charge in [-0.2, -0.15) is 0 Å². The molecule has 0 fully saturated rings. The van der Waals surface area contributed by atoms with Gasteiger partial charge in [0.2, 0.25) is 0 Å². The molecule has 0 aliphatic rings. The number of carbonyl (C=O) groups excluding carboxylic acids is 1. The highest BCUT2D eigenvalue weighted by atomic mass is 16.5. The third kappa shape index (κ3) is 5.64. The van der Waals surface area contributed by atoms with Crippen LogP contribution in [-0.4, -0.2) is 17.6 Å². The summed E-state index contributed by atoms with van der Waals surface area (Å²) in [6, 6.07) is 22.5. The van der Waals surface area contributed by atoms with E-state index in [2.05, 4.69) is 60.4 Å². The van der Waals surface area contributed by atoms with Crippen molar-refractivity contribution in [3.8, 4) is 11.1 Å². The zero-order valence-electron chi connectivity index (χ0n) is 18.5. The first-order chi connectivity index (χ1) is 15.7. The van der Waals surface area contributed by atoms with Crippen molar-refractivity contribution in [1.29, 1.82) is 0 Å². The van der Waals surface area contributed by atoms with Gasteiger partial charge in [0.15, 0.2) is 12.0 Å². The summed E-state index contributed by atoms with van der Waals surface area (Å²) in [7, 11) is 0. The minimum Gasteiger partial charge on any atom is -0.462 e. The van der Waals surface area contributed by atoms with Gasteiger partial charge in [-0.25, -0.2) is 9.78 Å². The molecule has 0 saturated heterocycles. The Morgan fingerprint density at radius 3 is 2.22 bits per heavy atom. The lowest BCUT2D eigenvalue weighted by molar-refractivity contribution is 0.0509. The number of oxazole rings is 1. The molecule has 1 aromatic heterocycles. The number of esters is 1. The van der Waals surface area contributed by atoms with Crippen LogP contribution in [0.1, 0.15) is 54.1 Å². The van der Waals surface area contributed by atoms with Gasteiger partial charge in [-0.05, 0) is 53.3 Å². The maximum Gasteiger partial charge on any atom is 0.338 e. The summed E-state index contributed by atoms with van der Waals surface area (Å²) >= 11 is 0. The van der Waals surface area contributed by atoms with Crippen LogP contribution in [0.25, 0.3) is 22.2 Å². The van der Waals surface area contributed by atoms with Gasteiger partial charge in [-0.1, -0.05) is 74.7 Å². The fourth-order valence-electron chi connectivity index (χ4n) is 3.81. The maximum atomic E-state index is 12.3. The van der Waals surface area contributed by atoms with E-state index in [1.165, 1.54) is 48.8 Å². The summed E-state index contributed by atoms with van der Waals surface area (Å²) in [5, 5.41) is 0. The Kier molecular flexibility index (Phi) is 7.34. The Balaban J connectivity index is 1.26. The van der Waals surface area contributed by atoms with Gasteiger partial charge >= 0.3 is 5.97 Å². The Labute approximate surface area is 189 Å². The Morgan fingerprint density at radius 1 is 0.844 bits per heavy atom. The number of carbonyl (C=O) groups is 1. The van der Waals surface area contributed by atoms with E-state index in [9.17, 15) is 4.79 Å². The number of aromatic nitrogens is 1. The molecular weight excluding hydrogens is 398 g/mol. The molecule has 0 aliphatic carbocycles. The van der Waals surface area contributed by atoms with Crippen molar-refractivity contribution in [3.05, 3.63) is 89.8 Å². The Hall–Kier alpha value is -3.40. The third-order valence-electron chi connectivity index (χ3n) is 5.75. The minimum atomic E-state index is -0.346. The van der Waals surface area contributed by atoms with Crippen LogP contribution in [0, 0.1) is 0 Å². The van der Waals surface area contributed by atoms with Crippen molar-refractivity contribution in [2.75, 3.05) is 6.61 Å². The second-order valence-corrected chi connectivity index (χ2v) is 8.13. The van der Waals surface area contributed by atoms with E-state index in [0.29, 0.717) is 29.7 Å². The lowest BCUT2D eigenvalue weighted by Gasteiger charge is -2.07.